The van der Waals surface area contributed by atoms with Gasteiger partial charge in [-0.2, -0.15) is 0 Å². The molecule has 1 N–H and O–H groups in total. The topological polar surface area (TPSA) is 55.4 Å². The highest BCUT2D eigenvalue weighted by molar-refractivity contribution is 7.91. The van der Waals surface area contributed by atoms with Crippen LogP contribution in [0.5, 0.6) is 0 Å². The van der Waals surface area contributed by atoms with Crippen LogP contribution in [0, 0.1) is 5.92 Å². The molecule has 3 atom stereocenters. The average Bonchev–Trinajstić information content (AvgIpc) is 2.93. The van der Waals surface area contributed by atoms with Gasteiger partial charge in [0.05, 0.1) is 17.6 Å². The van der Waals surface area contributed by atoms with Crippen LogP contribution in [-0.4, -0.2) is 45.2 Å². The summed E-state index contributed by atoms with van der Waals surface area (Å²) in [5, 5.41) is 3.47. The quantitative estimate of drug-likeness (QED) is 0.795. The SMILES string of the molecule is CCNC(CCC1CCCO1)C1CCS(=O)(=O)C1. The van der Waals surface area contributed by atoms with Gasteiger partial charge in [-0.3, -0.25) is 0 Å². The predicted molar refractivity (Wildman–Crippen MR) is 72.4 cm³/mol. The number of hydrogen-bond acceptors (Lipinski definition) is 4. The minimum atomic E-state index is -2.77. The molecule has 0 aromatic heterocycles. The zero-order valence-electron chi connectivity index (χ0n) is 11.2. The van der Waals surface area contributed by atoms with E-state index in [0.29, 0.717) is 29.6 Å². The van der Waals surface area contributed by atoms with Gasteiger partial charge in [0.15, 0.2) is 9.84 Å². The van der Waals surface area contributed by atoms with Crippen molar-refractivity contribution in [2.24, 2.45) is 5.92 Å². The Labute approximate surface area is 110 Å². The molecule has 0 aromatic carbocycles. The maximum Gasteiger partial charge on any atom is 0.150 e. The van der Waals surface area contributed by atoms with Crippen LogP contribution in [-0.2, 0) is 14.6 Å². The van der Waals surface area contributed by atoms with Crippen molar-refractivity contribution in [1.29, 1.82) is 0 Å². The van der Waals surface area contributed by atoms with Crippen molar-refractivity contribution in [3.63, 3.8) is 0 Å². The number of rotatable bonds is 6. The van der Waals surface area contributed by atoms with Gasteiger partial charge >= 0.3 is 0 Å². The molecule has 2 aliphatic rings. The minimum absolute atomic E-state index is 0.302. The lowest BCUT2D eigenvalue weighted by atomic mass is 9.93. The van der Waals surface area contributed by atoms with Crippen LogP contribution in [0.4, 0.5) is 0 Å². The molecule has 4 nitrogen and oxygen atoms in total. The lowest BCUT2D eigenvalue weighted by Gasteiger charge is -2.24. The summed E-state index contributed by atoms with van der Waals surface area (Å²) in [6.07, 6.45) is 5.68. The summed E-state index contributed by atoms with van der Waals surface area (Å²) in [5.74, 6) is 1.05. The third-order valence-electron chi connectivity index (χ3n) is 4.13. The molecular weight excluding hydrogens is 250 g/mol. The van der Waals surface area contributed by atoms with Crippen LogP contribution in [0.2, 0.25) is 0 Å². The van der Waals surface area contributed by atoms with E-state index in [2.05, 4.69) is 12.2 Å². The fourth-order valence-corrected chi connectivity index (χ4v) is 5.03. The Hall–Kier alpha value is -0.130. The highest BCUT2D eigenvalue weighted by atomic mass is 32.2. The molecule has 2 fully saturated rings. The lowest BCUT2D eigenvalue weighted by molar-refractivity contribution is 0.0977. The molecule has 0 amide bonds. The fourth-order valence-electron chi connectivity index (χ4n) is 3.15. The van der Waals surface area contributed by atoms with Gasteiger partial charge in [-0.1, -0.05) is 6.92 Å². The van der Waals surface area contributed by atoms with Crippen LogP contribution in [0.1, 0.15) is 39.0 Å². The minimum Gasteiger partial charge on any atom is -0.378 e. The molecule has 0 saturated carbocycles. The first-order valence-corrected chi connectivity index (χ1v) is 8.98. The van der Waals surface area contributed by atoms with E-state index >= 15 is 0 Å². The van der Waals surface area contributed by atoms with Crippen molar-refractivity contribution in [3.8, 4) is 0 Å². The molecule has 3 unspecified atom stereocenters. The molecule has 5 heteroatoms. The summed E-state index contributed by atoms with van der Waals surface area (Å²) in [5.41, 5.74) is 0. The first kappa shape index (κ1) is 14.3. The van der Waals surface area contributed by atoms with Gasteiger partial charge in [0, 0.05) is 12.6 Å². The number of sulfone groups is 1. The normalized spacial score (nSPS) is 32.7. The molecule has 106 valence electrons. The van der Waals surface area contributed by atoms with E-state index in [4.69, 9.17) is 4.74 Å². The predicted octanol–water partition coefficient (Wildman–Crippen LogP) is 1.36. The number of ether oxygens (including phenoxy) is 1. The summed E-state index contributed by atoms with van der Waals surface area (Å²) < 4.78 is 28.8. The smallest absolute Gasteiger partial charge is 0.150 e. The summed E-state index contributed by atoms with van der Waals surface area (Å²) in [6, 6.07) is 0.344. The molecule has 2 heterocycles. The van der Waals surface area contributed by atoms with Crippen LogP contribution >= 0.6 is 0 Å². The van der Waals surface area contributed by atoms with Gasteiger partial charge < -0.3 is 10.1 Å². The largest absolute Gasteiger partial charge is 0.378 e. The Balaban J connectivity index is 1.83. The van der Waals surface area contributed by atoms with Gasteiger partial charge in [0.2, 0.25) is 0 Å². The first-order chi connectivity index (χ1) is 8.61. The van der Waals surface area contributed by atoms with Gasteiger partial charge in [-0.25, -0.2) is 8.42 Å². The van der Waals surface area contributed by atoms with E-state index in [0.717, 1.165) is 32.4 Å². The monoisotopic (exact) mass is 275 g/mol. The van der Waals surface area contributed by atoms with E-state index in [1.165, 1.54) is 12.8 Å². The van der Waals surface area contributed by atoms with Crippen LogP contribution in [0.15, 0.2) is 0 Å². The number of nitrogens with one attached hydrogen (secondary N) is 1. The van der Waals surface area contributed by atoms with Crippen LogP contribution in [0.25, 0.3) is 0 Å². The molecule has 0 aromatic rings. The lowest BCUT2D eigenvalue weighted by Crippen LogP contribution is -2.37. The van der Waals surface area contributed by atoms with Crippen LogP contribution < -0.4 is 5.32 Å². The molecule has 2 saturated heterocycles. The Morgan fingerprint density at radius 2 is 2.22 bits per heavy atom. The Morgan fingerprint density at radius 3 is 2.78 bits per heavy atom. The van der Waals surface area contributed by atoms with Crippen molar-refractivity contribution in [1.82, 2.24) is 5.32 Å². The highest BCUT2D eigenvalue weighted by Gasteiger charge is 2.33. The Kier molecular flexibility index (Phi) is 5.04. The molecule has 2 rings (SSSR count). The van der Waals surface area contributed by atoms with E-state index in [9.17, 15) is 8.42 Å². The zero-order chi connectivity index (χ0) is 13.0. The third kappa shape index (κ3) is 3.93. The Bertz CT molecular complexity index is 349. The Morgan fingerprint density at radius 1 is 1.39 bits per heavy atom. The third-order valence-corrected chi connectivity index (χ3v) is 5.92. The van der Waals surface area contributed by atoms with Crippen molar-refractivity contribution >= 4 is 9.84 Å². The van der Waals surface area contributed by atoms with E-state index < -0.39 is 9.84 Å². The van der Waals surface area contributed by atoms with Crippen molar-refractivity contribution in [2.45, 2.75) is 51.2 Å². The van der Waals surface area contributed by atoms with Gasteiger partial charge in [-0.05, 0) is 44.6 Å². The molecule has 0 spiro atoms. The second-order valence-electron chi connectivity index (χ2n) is 5.54. The summed E-state index contributed by atoms with van der Waals surface area (Å²) in [6.45, 7) is 3.89. The van der Waals surface area contributed by atoms with Crippen molar-refractivity contribution in [3.05, 3.63) is 0 Å². The van der Waals surface area contributed by atoms with Crippen molar-refractivity contribution < 1.29 is 13.2 Å². The van der Waals surface area contributed by atoms with E-state index in [1.807, 2.05) is 0 Å². The maximum atomic E-state index is 11.6. The second-order valence-corrected chi connectivity index (χ2v) is 7.77. The molecule has 18 heavy (non-hydrogen) atoms. The zero-order valence-corrected chi connectivity index (χ0v) is 12.0. The van der Waals surface area contributed by atoms with E-state index in [1.54, 1.807) is 0 Å². The second kappa shape index (κ2) is 6.35. The average molecular weight is 275 g/mol. The van der Waals surface area contributed by atoms with E-state index in [-0.39, 0.29) is 0 Å². The number of hydrogen-bond donors (Lipinski definition) is 1. The standard InChI is InChI=1S/C13H25NO3S/c1-2-14-13(6-5-12-4-3-8-17-12)11-7-9-18(15,16)10-11/h11-14H,2-10H2,1H3. The summed E-state index contributed by atoms with van der Waals surface area (Å²) in [7, 11) is -2.77. The van der Waals surface area contributed by atoms with Gasteiger partial charge in [0.25, 0.3) is 0 Å². The van der Waals surface area contributed by atoms with Crippen LogP contribution in [0.3, 0.4) is 0 Å². The van der Waals surface area contributed by atoms with Gasteiger partial charge in [0.1, 0.15) is 0 Å². The molecule has 0 bridgehead atoms. The molecule has 0 radical (unpaired) electrons. The molecular formula is C13H25NO3S. The first-order valence-electron chi connectivity index (χ1n) is 7.16. The fraction of sp³-hybridized carbons (Fsp3) is 1.00. The van der Waals surface area contributed by atoms with Gasteiger partial charge in [-0.15, -0.1) is 0 Å². The molecule has 2 aliphatic heterocycles. The summed E-state index contributed by atoms with van der Waals surface area (Å²) in [4.78, 5) is 0. The molecule has 0 aliphatic carbocycles. The maximum absolute atomic E-state index is 11.6. The van der Waals surface area contributed by atoms with Crippen molar-refractivity contribution in [2.75, 3.05) is 24.7 Å². The highest BCUT2D eigenvalue weighted by Crippen LogP contribution is 2.26. The summed E-state index contributed by atoms with van der Waals surface area (Å²) >= 11 is 0.